The van der Waals surface area contributed by atoms with Gasteiger partial charge >= 0.3 is 5.97 Å². The number of ether oxygens (including phenoxy) is 1. The van der Waals surface area contributed by atoms with Gasteiger partial charge in [-0.15, -0.1) is 0 Å². The molecule has 0 saturated carbocycles. The van der Waals surface area contributed by atoms with Crippen molar-refractivity contribution in [1.82, 2.24) is 9.88 Å². The minimum atomic E-state index is -1.19. The van der Waals surface area contributed by atoms with E-state index in [1.54, 1.807) is 7.05 Å². The third-order valence-electron chi connectivity index (χ3n) is 2.44. The van der Waals surface area contributed by atoms with E-state index in [1.807, 2.05) is 0 Å². The van der Waals surface area contributed by atoms with Gasteiger partial charge in [-0.2, -0.15) is 0 Å². The average Bonchev–Trinajstić information content (AvgIpc) is 2.42. The van der Waals surface area contributed by atoms with Crippen LogP contribution in [-0.4, -0.2) is 65.4 Å². The van der Waals surface area contributed by atoms with Crippen molar-refractivity contribution in [2.45, 2.75) is 0 Å². The Labute approximate surface area is 110 Å². The molecule has 0 aromatic carbocycles. The van der Waals surface area contributed by atoms with E-state index in [0.29, 0.717) is 6.54 Å². The number of aliphatic hydroxyl groups is 1. The number of hydrogen-bond acceptors (Lipinski definition) is 5. The van der Waals surface area contributed by atoms with Gasteiger partial charge in [0.2, 0.25) is 0 Å². The molecule has 7 heteroatoms. The van der Waals surface area contributed by atoms with E-state index >= 15 is 0 Å². The summed E-state index contributed by atoms with van der Waals surface area (Å²) in [5.74, 6) is -1.60. The number of carboxylic acids is 1. The number of pyridine rings is 1. The summed E-state index contributed by atoms with van der Waals surface area (Å²) in [6.45, 7) is 0.708. The number of carboxylic acid groups (broad SMARTS) is 1. The first-order valence-electron chi connectivity index (χ1n) is 5.69. The summed E-state index contributed by atoms with van der Waals surface area (Å²) >= 11 is 0. The summed E-state index contributed by atoms with van der Waals surface area (Å²) in [7, 11) is 1.55. The number of aromatic nitrogens is 1. The lowest BCUT2D eigenvalue weighted by Gasteiger charge is -2.17. The van der Waals surface area contributed by atoms with Gasteiger partial charge in [-0.05, 0) is 6.07 Å². The number of likely N-dealkylation sites (N-methyl/N-ethyl adjacent to an activating group) is 1. The molecule has 1 aromatic heterocycles. The molecule has 7 nitrogen and oxygen atoms in total. The zero-order valence-corrected chi connectivity index (χ0v) is 10.6. The SMILES string of the molecule is CN(CCOCCO)C(=O)c1ccncc1C(=O)O. The van der Waals surface area contributed by atoms with E-state index in [1.165, 1.54) is 17.2 Å². The maximum atomic E-state index is 12.1. The highest BCUT2D eigenvalue weighted by Crippen LogP contribution is 2.09. The highest BCUT2D eigenvalue weighted by molar-refractivity contribution is 6.04. The Kier molecular flexibility index (Phi) is 5.91. The maximum absolute atomic E-state index is 12.1. The Hall–Kier alpha value is -1.99. The normalized spacial score (nSPS) is 10.2. The van der Waals surface area contributed by atoms with Crippen LogP contribution in [-0.2, 0) is 4.74 Å². The van der Waals surface area contributed by atoms with Crippen LogP contribution in [0.3, 0.4) is 0 Å². The fourth-order valence-electron chi connectivity index (χ4n) is 1.43. The Bertz CT molecular complexity index is 450. The minimum Gasteiger partial charge on any atom is -0.478 e. The number of aromatic carboxylic acids is 1. The molecule has 0 aliphatic carbocycles. The molecule has 1 heterocycles. The van der Waals surface area contributed by atoms with E-state index in [0.717, 1.165) is 6.20 Å². The average molecular weight is 268 g/mol. The van der Waals surface area contributed by atoms with Crippen molar-refractivity contribution < 1.29 is 24.5 Å². The number of amides is 1. The molecule has 2 N–H and O–H groups in total. The van der Waals surface area contributed by atoms with Gasteiger partial charge in [0.05, 0.1) is 30.9 Å². The highest BCUT2D eigenvalue weighted by Gasteiger charge is 2.19. The van der Waals surface area contributed by atoms with Gasteiger partial charge in [-0.1, -0.05) is 0 Å². The van der Waals surface area contributed by atoms with E-state index in [2.05, 4.69) is 4.98 Å². The molecule has 1 aromatic rings. The van der Waals surface area contributed by atoms with Crippen molar-refractivity contribution in [3.05, 3.63) is 29.6 Å². The van der Waals surface area contributed by atoms with Crippen LogP contribution in [0.2, 0.25) is 0 Å². The summed E-state index contributed by atoms with van der Waals surface area (Å²) in [5.41, 5.74) is -0.0391. The third kappa shape index (κ3) is 4.31. The van der Waals surface area contributed by atoms with Crippen LogP contribution in [0, 0.1) is 0 Å². The highest BCUT2D eigenvalue weighted by atomic mass is 16.5. The second-order valence-corrected chi connectivity index (χ2v) is 3.79. The van der Waals surface area contributed by atoms with Crippen LogP contribution in [0.25, 0.3) is 0 Å². The number of nitrogens with zero attached hydrogens (tertiary/aromatic N) is 2. The first-order chi connectivity index (χ1) is 9.07. The van der Waals surface area contributed by atoms with Crippen molar-refractivity contribution in [2.24, 2.45) is 0 Å². The van der Waals surface area contributed by atoms with Gasteiger partial charge in [-0.3, -0.25) is 9.78 Å². The maximum Gasteiger partial charge on any atom is 0.338 e. The molecule has 0 aliphatic heterocycles. The third-order valence-corrected chi connectivity index (χ3v) is 2.44. The van der Waals surface area contributed by atoms with Crippen LogP contribution in [0.1, 0.15) is 20.7 Å². The van der Waals surface area contributed by atoms with Crippen LogP contribution in [0.15, 0.2) is 18.5 Å². The van der Waals surface area contributed by atoms with Crippen molar-refractivity contribution in [3.63, 3.8) is 0 Å². The summed E-state index contributed by atoms with van der Waals surface area (Å²) in [4.78, 5) is 28.1. The Morgan fingerprint density at radius 3 is 2.74 bits per heavy atom. The summed E-state index contributed by atoms with van der Waals surface area (Å²) in [5, 5.41) is 17.5. The summed E-state index contributed by atoms with van der Waals surface area (Å²) in [6.07, 6.45) is 2.52. The number of rotatable bonds is 7. The largest absolute Gasteiger partial charge is 0.478 e. The van der Waals surface area contributed by atoms with Crippen molar-refractivity contribution in [1.29, 1.82) is 0 Å². The monoisotopic (exact) mass is 268 g/mol. The van der Waals surface area contributed by atoms with E-state index in [-0.39, 0.29) is 30.9 Å². The zero-order valence-electron chi connectivity index (χ0n) is 10.6. The van der Waals surface area contributed by atoms with Gasteiger partial charge in [0.25, 0.3) is 5.91 Å². The predicted octanol–water partition coefficient (Wildman–Crippen LogP) is -0.139. The van der Waals surface area contributed by atoms with E-state index in [4.69, 9.17) is 14.9 Å². The molecule has 0 spiro atoms. The first-order valence-corrected chi connectivity index (χ1v) is 5.69. The van der Waals surface area contributed by atoms with Gasteiger partial charge in [0.1, 0.15) is 0 Å². The van der Waals surface area contributed by atoms with Gasteiger partial charge in [0.15, 0.2) is 0 Å². The van der Waals surface area contributed by atoms with Crippen LogP contribution >= 0.6 is 0 Å². The lowest BCUT2D eigenvalue weighted by molar-refractivity contribution is 0.0606. The molecule has 0 saturated heterocycles. The summed E-state index contributed by atoms with van der Waals surface area (Å²) < 4.78 is 5.04. The number of carbonyl (C=O) groups excluding carboxylic acids is 1. The Morgan fingerprint density at radius 1 is 1.37 bits per heavy atom. The molecule has 1 rings (SSSR count). The molecule has 0 fully saturated rings. The Balaban J connectivity index is 2.69. The number of hydrogen-bond donors (Lipinski definition) is 2. The lowest BCUT2D eigenvalue weighted by atomic mass is 10.1. The van der Waals surface area contributed by atoms with Crippen LogP contribution in [0.5, 0.6) is 0 Å². The smallest absolute Gasteiger partial charge is 0.338 e. The molecule has 0 bridgehead atoms. The topological polar surface area (TPSA) is 100.0 Å². The predicted molar refractivity (Wildman–Crippen MR) is 66.1 cm³/mol. The van der Waals surface area contributed by atoms with E-state index < -0.39 is 11.9 Å². The van der Waals surface area contributed by atoms with Gasteiger partial charge in [0, 0.05) is 26.0 Å². The minimum absolute atomic E-state index is 0.0782. The van der Waals surface area contributed by atoms with Crippen LogP contribution < -0.4 is 0 Å². The molecular weight excluding hydrogens is 252 g/mol. The second kappa shape index (κ2) is 7.45. The van der Waals surface area contributed by atoms with Crippen molar-refractivity contribution in [2.75, 3.05) is 33.4 Å². The molecular formula is C12H16N2O5. The second-order valence-electron chi connectivity index (χ2n) is 3.79. The fourth-order valence-corrected chi connectivity index (χ4v) is 1.43. The lowest BCUT2D eigenvalue weighted by Crippen LogP contribution is -2.31. The number of aliphatic hydroxyl groups excluding tert-OH is 1. The fraction of sp³-hybridized carbons (Fsp3) is 0.417. The molecule has 0 radical (unpaired) electrons. The Morgan fingerprint density at radius 2 is 2.11 bits per heavy atom. The van der Waals surface area contributed by atoms with Crippen molar-refractivity contribution in [3.8, 4) is 0 Å². The molecule has 0 aliphatic rings. The molecule has 104 valence electrons. The standard InChI is InChI=1S/C12H16N2O5/c1-14(4-6-19-7-5-15)11(16)9-2-3-13-8-10(9)12(17)18/h2-3,8,15H,4-7H2,1H3,(H,17,18). The zero-order chi connectivity index (χ0) is 14.3. The quantitative estimate of drug-likeness (QED) is 0.668. The van der Waals surface area contributed by atoms with Crippen LogP contribution in [0.4, 0.5) is 0 Å². The van der Waals surface area contributed by atoms with Gasteiger partial charge in [-0.25, -0.2) is 4.79 Å². The van der Waals surface area contributed by atoms with E-state index in [9.17, 15) is 9.59 Å². The molecule has 0 unspecified atom stereocenters. The summed E-state index contributed by atoms with van der Waals surface area (Å²) in [6, 6.07) is 1.37. The molecule has 0 atom stereocenters. The molecule has 1 amide bonds. The molecule has 19 heavy (non-hydrogen) atoms. The first kappa shape index (κ1) is 15.1. The van der Waals surface area contributed by atoms with Gasteiger partial charge < -0.3 is 19.8 Å². The van der Waals surface area contributed by atoms with Crippen molar-refractivity contribution >= 4 is 11.9 Å². The number of carbonyl (C=O) groups is 2.